The van der Waals surface area contributed by atoms with Gasteiger partial charge in [-0.2, -0.15) is 10.2 Å². The molecule has 0 spiro atoms. The van der Waals surface area contributed by atoms with Crippen molar-refractivity contribution in [1.29, 1.82) is 0 Å². The Hall–Kier alpha value is -3.49. The maximum absolute atomic E-state index is 12.2. The third-order valence-electron chi connectivity index (χ3n) is 3.68. The Morgan fingerprint density at radius 3 is 2.64 bits per heavy atom. The number of nitro groups is 1. The fourth-order valence-corrected chi connectivity index (χ4v) is 2.33. The molecule has 0 saturated heterocycles. The molecule has 0 radical (unpaired) electrons. The van der Waals surface area contributed by atoms with E-state index in [0.717, 1.165) is 17.4 Å². The maximum Gasteiger partial charge on any atom is 0.307 e. The van der Waals surface area contributed by atoms with Crippen LogP contribution in [0.2, 0.25) is 0 Å². The standard InChI is InChI=1S/C16H16N6O3/c1-19(16(23)12-20-11-15(9-18-20)22(24)25)10-13-3-5-14(6-4-13)21-8-2-7-17-21/h2-9,11H,10,12H2,1H3. The van der Waals surface area contributed by atoms with Crippen LogP contribution in [0.1, 0.15) is 5.56 Å². The quantitative estimate of drug-likeness (QED) is 0.502. The molecule has 0 aliphatic heterocycles. The molecule has 9 nitrogen and oxygen atoms in total. The van der Waals surface area contributed by atoms with Crippen molar-refractivity contribution in [2.45, 2.75) is 13.1 Å². The van der Waals surface area contributed by atoms with Crippen LogP contribution in [0.4, 0.5) is 5.69 Å². The zero-order valence-electron chi connectivity index (χ0n) is 13.5. The second-order valence-corrected chi connectivity index (χ2v) is 5.52. The topological polar surface area (TPSA) is 99.1 Å². The van der Waals surface area contributed by atoms with E-state index in [4.69, 9.17) is 0 Å². The molecule has 2 aromatic heterocycles. The normalized spacial score (nSPS) is 10.6. The predicted octanol–water partition coefficient (Wildman–Crippen LogP) is 1.64. The first-order valence-electron chi connectivity index (χ1n) is 7.53. The summed E-state index contributed by atoms with van der Waals surface area (Å²) in [4.78, 5) is 23.9. The summed E-state index contributed by atoms with van der Waals surface area (Å²) in [5, 5.41) is 18.6. The smallest absolute Gasteiger partial charge is 0.307 e. The molecule has 2 heterocycles. The van der Waals surface area contributed by atoms with Crippen LogP contribution in [0.5, 0.6) is 0 Å². The molecule has 0 aliphatic carbocycles. The van der Waals surface area contributed by atoms with E-state index < -0.39 is 4.92 Å². The summed E-state index contributed by atoms with van der Waals surface area (Å²) in [6.07, 6.45) is 5.93. The lowest BCUT2D eigenvalue weighted by molar-refractivity contribution is -0.385. The molecule has 0 fully saturated rings. The molecular formula is C16H16N6O3. The van der Waals surface area contributed by atoms with Crippen molar-refractivity contribution in [3.8, 4) is 5.69 Å². The molecule has 0 atom stereocenters. The summed E-state index contributed by atoms with van der Waals surface area (Å²) in [5.41, 5.74) is 1.77. The highest BCUT2D eigenvalue weighted by Gasteiger charge is 2.14. The molecule has 0 unspecified atom stereocenters. The van der Waals surface area contributed by atoms with Crippen LogP contribution in [0.15, 0.2) is 55.1 Å². The zero-order chi connectivity index (χ0) is 17.8. The first-order chi connectivity index (χ1) is 12.0. The summed E-state index contributed by atoms with van der Waals surface area (Å²) in [6, 6.07) is 9.56. The Morgan fingerprint density at radius 2 is 2.04 bits per heavy atom. The van der Waals surface area contributed by atoms with Crippen molar-refractivity contribution in [1.82, 2.24) is 24.5 Å². The van der Waals surface area contributed by atoms with E-state index in [2.05, 4.69) is 10.2 Å². The average Bonchev–Trinajstić information content (AvgIpc) is 3.27. The van der Waals surface area contributed by atoms with Gasteiger partial charge in [-0.05, 0) is 23.8 Å². The SMILES string of the molecule is CN(Cc1ccc(-n2cccn2)cc1)C(=O)Cn1cc([N+](=O)[O-])cn1. The Labute approximate surface area is 143 Å². The van der Waals surface area contributed by atoms with E-state index in [1.165, 1.54) is 10.9 Å². The fourth-order valence-electron chi connectivity index (χ4n) is 2.33. The number of amides is 1. The van der Waals surface area contributed by atoms with Crippen LogP contribution in [0.3, 0.4) is 0 Å². The minimum absolute atomic E-state index is 0.0459. The van der Waals surface area contributed by atoms with Gasteiger partial charge in [0.25, 0.3) is 0 Å². The molecule has 0 saturated carbocycles. The molecule has 0 bridgehead atoms. The Kier molecular flexibility index (Phi) is 4.55. The third-order valence-corrected chi connectivity index (χ3v) is 3.68. The van der Waals surface area contributed by atoms with Crippen molar-refractivity contribution in [3.63, 3.8) is 0 Å². The molecule has 3 aromatic rings. The van der Waals surface area contributed by atoms with Crippen LogP contribution < -0.4 is 0 Å². The lowest BCUT2D eigenvalue weighted by Gasteiger charge is -2.17. The van der Waals surface area contributed by atoms with Gasteiger partial charge in [-0.15, -0.1) is 0 Å². The van der Waals surface area contributed by atoms with Crippen molar-refractivity contribution in [2.24, 2.45) is 0 Å². The van der Waals surface area contributed by atoms with Gasteiger partial charge in [0, 0.05) is 26.0 Å². The van der Waals surface area contributed by atoms with Gasteiger partial charge < -0.3 is 4.90 Å². The van der Waals surface area contributed by atoms with E-state index in [1.807, 2.05) is 36.5 Å². The summed E-state index contributed by atoms with van der Waals surface area (Å²) in [5.74, 6) is -0.186. The van der Waals surface area contributed by atoms with Crippen LogP contribution in [-0.2, 0) is 17.9 Å². The van der Waals surface area contributed by atoms with E-state index in [1.54, 1.807) is 22.8 Å². The first kappa shape index (κ1) is 16.4. The molecule has 1 aromatic carbocycles. The van der Waals surface area contributed by atoms with Gasteiger partial charge in [0.1, 0.15) is 18.9 Å². The zero-order valence-corrected chi connectivity index (χ0v) is 13.5. The van der Waals surface area contributed by atoms with Gasteiger partial charge in [0.05, 0.1) is 10.6 Å². The number of carbonyl (C=O) groups excluding carboxylic acids is 1. The molecule has 128 valence electrons. The van der Waals surface area contributed by atoms with Crippen molar-refractivity contribution in [2.75, 3.05) is 7.05 Å². The van der Waals surface area contributed by atoms with Gasteiger partial charge in [0.2, 0.25) is 5.91 Å². The van der Waals surface area contributed by atoms with Crippen LogP contribution >= 0.6 is 0 Å². The second kappa shape index (κ2) is 6.95. The van der Waals surface area contributed by atoms with E-state index in [0.29, 0.717) is 6.54 Å². The summed E-state index contributed by atoms with van der Waals surface area (Å²) in [6.45, 7) is 0.386. The highest BCUT2D eigenvalue weighted by Crippen LogP contribution is 2.11. The van der Waals surface area contributed by atoms with Gasteiger partial charge >= 0.3 is 5.69 Å². The monoisotopic (exact) mass is 340 g/mol. The largest absolute Gasteiger partial charge is 0.340 e. The minimum atomic E-state index is -0.543. The summed E-state index contributed by atoms with van der Waals surface area (Å²) in [7, 11) is 1.68. The van der Waals surface area contributed by atoms with Gasteiger partial charge in [-0.1, -0.05) is 12.1 Å². The van der Waals surface area contributed by atoms with Crippen molar-refractivity contribution < 1.29 is 9.72 Å². The van der Waals surface area contributed by atoms with E-state index in [-0.39, 0.29) is 18.1 Å². The number of benzene rings is 1. The summed E-state index contributed by atoms with van der Waals surface area (Å²) < 4.78 is 3.01. The molecular weight excluding hydrogens is 324 g/mol. The average molecular weight is 340 g/mol. The number of rotatable bonds is 6. The van der Waals surface area contributed by atoms with Crippen LogP contribution in [0, 0.1) is 10.1 Å². The van der Waals surface area contributed by atoms with Crippen LogP contribution in [-0.4, -0.2) is 42.3 Å². The molecule has 25 heavy (non-hydrogen) atoms. The highest BCUT2D eigenvalue weighted by atomic mass is 16.6. The van der Waals surface area contributed by atoms with Crippen LogP contribution in [0.25, 0.3) is 5.69 Å². The number of hydrogen-bond acceptors (Lipinski definition) is 5. The Balaban J connectivity index is 1.60. The lowest BCUT2D eigenvalue weighted by Crippen LogP contribution is -2.29. The molecule has 1 amide bonds. The highest BCUT2D eigenvalue weighted by molar-refractivity contribution is 5.75. The molecule has 0 aliphatic rings. The molecule has 9 heteroatoms. The number of aromatic nitrogens is 4. The number of hydrogen-bond donors (Lipinski definition) is 0. The van der Waals surface area contributed by atoms with E-state index >= 15 is 0 Å². The fraction of sp³-hybridized carbons (Fsp3) is 0.188. The molecule has 0 N–H and O–H groups in total. The predicted molar refractivity (Wildman–Crippen MR) is 88.9 cm³/mol. The van der Waals surface area contributed by atoms with Gasteiger partial charge in [-0.3, -0.25) is 19.6 Å². The molecule has 3 rings (SSSR count). The Morgan fingerprint density at radius 1 is 1.28 bits per heavy atom. The maximum atomic E-state index is 12.2. The third kappa shape index (κ3) is 3.89. The Bertz CT molecular complexity index is 870. The minimum Gasteiger partial charge on any atom is -0.340 e. The van der Waals surface area contributed by atoms with Gasteiger partial charge in [-0.25, -0.2) is 4.68 Å². The second-order valence-electron chi connectivity index (χ2n) is 5.52. The summed E-state index contributed by atoms with van der Waals surface area (Å²) >= 11 is 0. The number of nitrogens with zero attached hydrogens (tertiary/aromatic N) is 6. The lowest BCUT2D eigenvalue weighted by atomic mass is 10.2. The van der Waals surface area contributed by atoms with Gasteiger partial charge in [0.15, 0.2) is 0 Å². The number of likely N-dealkylation sites (N-methyl/N-ethyl adjacent to an activating group) is 1. The van der Waals surface area contributed by atoms with E-state index in [9.17, 15) is 14.9 Å². The number of carbonyl (C=O) groups is 1. The van der Waals surface area contributed by atoms with Crippen molar-refractivity contribution >= 4 is 11.6 Å². The first-order valence-corrected chi connectivity index (χ1v) is 7.53. The van der Waals surface area contributed by atoms with Crippen molar-refractivity contribution in [3.05, 3.63) is 70.8 Å².